The highest BCUT2D eigenvalue weighted by molar-refractivity contribution is 8.13. The van der Waals surface area contributed by atoms with Crippen molar-refractivity contribution in [3.8, 4) is 0 Å². The Morgan fingerprint density at radius 2 is 2.43 bits per heavy atom. The first-order chi connectivity index (χ1) is 3.27. The van der Waals surface area contributed by atoms with E-state index in [1.165, 1.54) is 11.8 Å². The van der Waals surface area contributed by atoms with Crippen LogP contribution in [0.15, 0.2) is 0 Å². The zero-order chi connectivity index (χ0) is 5.70. The Labute approximate surface area is 48.0 Å². The van der Waals surface area contributed by atoms with Gasteiger partial charge in [0.1, 0.15) is 0 Å². The highest BCUT2D eigenvalue weighted by atomic mass is 32.2. The van der Waals surface area contributed by atoms with Crippen LogP contribution in [0.5, 0.6) is 0 Å². The van der Waals surface area contributed by atoms with Gasteiger partial charge in [0.15, 0.2) is 5.17 Å². The topological polar surface area (TPSA) is 49.9 Å². The highest BCUT2D eigenvalue weighted by Crippen LogP contribution is 1.97. The van der Waals surface area contributed by atoms with E-state index in [4.69, 9.17) is 11.1 Å². The van der Waals surface area contributed by atoms with Gasteiger partial charge in [-0.15, -0.1) is 0 Å². The van der Waals surface area contributed by atoms with Gasteiger partial charge in [-0.25, -0.2) is 0 Å². The van der Waals surface area contributed by atoms with E-state index < -0.39 is 0 Å². The van der Waals surface area contributed by atoms with E-state index in [2.05, 4.69) is 6.92 Å². The van der Waals surface area contributed by atoms with Crippen molar-refractivity contribution in [2.45, 2.75) is 6.42 Å². The molecule has 0 saturated heterocycles. The van der Waals surface area contributed by atoms with Gasteiger partial charge in [-0.2, -0.15) is 0 Å². The first-order valence-electron chi connectivity index (χ1n) is 2.03. The van der Waals surface area contributed by atoms with E-state index in [0.717, 1.165) is 12.2 Å². The van der Waals surface area contributed by atoms with Crippen LogP contribution < -0.4 is 5.73 Å². The molecule has 3 heteroatoms. The average Bonchev–Trinajstić information content (AvgIpc) is 1.61. The number of nitrogens with one attached hydrogen (secondary N) is 1. The van der Waals surface area contributed by atoms with Gasteiger partial charge in [-0.05, 0) is 6.42 Å². The average molecular weight is 117 g/mol. The van der Waals surface area contributed by atoms with Crippen LogP contribution in [0.1, 0.15) is 6.42 Å². The molecule has 0 rings (SSSR count). The van der Waals surface area contributed by atoms with Crippen molar-refractivity contribution >= 4 is 16.9 Å². The summed E-state index contributed by atoms with van der Waals surface area (Å²) in [5.41, 5.74) is 5.00. The Morgan fingerprint density at radius 1 is 1.86 bits per heavy atom. The Balaban J connectivity index is 2.82. The smallest absolute Gasteiger partial charge is 0.151 e. The Hall–Kier alpha value is -0.180. The molecule has 2 nitrogen and oxygen atoms in total. The lowest BCUT2D eigenvalue weighted by atomic mass is 10.6. The predicted octanol–water partition coefficient (Wildman–Crippen LogP) is 0.837. The summed E-state index contributed by atoms with van der Waals surface area (Å²) in [6.07, 6.45) is 0.838. The van der Waals surface area contributed by atoms with E-state index in [1.54, 1.807) is 0 Å². The van der Waals surface area contributed by atoms with Crippen LogP contribution in [0.2, 0.25) is 0 Å². The summed E-state index contributed by atoms with van der Waals surface area (Å²) in [4.78, 5) is 0. The molecule has 0 aliphatic carbocycles. The van der Waals surface area contributed by atoms with Gasteiger partial charge >= 0.3 is 0 Å². The largest absolute Gasteiger partial charge is 0.379 e. The maximum absolute atomic E-state index is 6.71. The maximum Gasteiger partial charge on any atom is 0.151 e. The summed E-state index contributed by atoms with van der Waals surface area (Å²) in [5.74, 6) is 0.856. The number of thioether (sulfide) groups is 1. The molecule has 0 saturated carbocycles. The number of rotatable bonds is 2. The molecule has 0 heterocycles. The molecule has 0 unspecified atom stereocenters. The van der Waals surface area contributed by atoms with Crippen molar-refractivity contribution in [2.75, 3.05) is 5.75 Å². The summed E-state index contributed by atoms with van der Waals surface area (Å²) >= 11 is 1.33. The summed E-state index contributed by atoms with van der Waals surface area (Å²) in [6.45, 7) is 3.58. The second-order valence-electron chi connectivity index (χ2n) is 1.07. The molecule has 7 heavy (non-hydrogen) atoms. The molecule has 0 bridgehead atoms. The van der Waals surface area contributed by atoms with Crippen LogP contribution in [0.4, 0.5) is 0 Å². The Kier molecular flexibility index (Phi) is 3.89. The molecule has 0 aromatic heterocycles. The zero-order valence-corrected chi connectivity index (χ0v) is 4.92. The maximum atomic E-state index is 6.71. The molecule has 0 aliphatic heterocycles. The summed E-state index contributed by atoms with van der Waals surface area (Å²) in [6, 6.07) is 0. The molecule has 0 amide bonds. The molecule has 0 aromatic rings. The van der Waals surface area contributed by atoms with Crippen molar-refractivity contribution in [1.29, 1.82) is 5.41 Å². The fourth-order valence-corrected chi connectivity index (χ4v) is 0.546. The number of nitrogens with two attached hydrogens (primary N) is 1. The van der Waals surface area contributed by atoms with Crippen molar-refractivity contribution < 1.29 is 0 Å². The fraction of sp³-hybridized carbons (Fsp3) is 0.500. The number of hydrogen-bond acceptors (Lipinski definition) is 2. The third-order valence-corrected chi connectivity index (χ3v) is 1.21. The van der Waals surface area contributed by atoms with E-state index in [-0.39, 0.29) is 5.17 Å². The normalized spacial score (nSPS) is 8.71. The van der Waals surface area contributed by atoms with Crippen LogP contribution in [-0.4, -0.2) is 10.9 Å². The van der Waals surface area contributed by atoms with Crippen LogP contribution in [-0.2, 0) is 0 Å². The number of amidine groups is 1. The molecule has 0 aliphatic rings. The van der Waals surface area contributed by atoms with E-state index in [9.17, 15) is 0 Å². The molecular formula is C4H9N2S. The highest BCUT2D eigenvalue weighted by Gasteiger charge is 1.84. The van der Waals surface area contributed by atoms with E-state index in [0.29, 0.717) is 0 Å². The van der Waals surface area contributed by atoms with Gasteiger partial charge in [0, 0.05) is 5.75 Å². The first-order valence-corrected chi connectivity index (χ1v) is 3.02. The van der Waals surface area contributed by atoms with Crippen molar-refractivity contribution in [3.05, 3.63) is 6.92 Å². The second kappa shape index (κ2) is 3.99. The van der Waals surface area contributed by atoms with Gasteiger partial charge in [0.25, 0.3) is 0 Å². The van der Waals surface area contributed by atoms with Crippen LogP contribution in [0.25, 0.3) is 0 Å². The van der Waals surface area contributed by atoms with Gasteiger partial charge in [0.2, 0.25) is 0 Å². The second-order valence-corrected chi connectivity index (χ2v) is 2.20. The van der Waals surface area contributed by atoms with Gasteiger partial charge in [-0.3, -0.25) is 5.41 Å². The third-order valence-electron chi connectivity index (χ3n) is 0.402. The Bertz CT molecular complexity index is 62.7. The minimum absolute atomic E-state index is 0.184. The van der Waals surface area contributed by atoms with Crippen LogP contribution in [0.3, 0.4) is 0 Å². The van der Waals surface area contributed by atoms with Gasteiger partial charge in [0.05, 0.1) is 0 Å². The van der Waals surface area contributed by atoms with Gasteiger partial charge < -0.3 is 5.73 Å². The van der Waals surface area contributed by atoms with Gasteiger partial charge in [-0.1, -0.05) is 18.7 Å². The monoisotopic (exact) mass is 117 g/mol. The molecule has 3 N–H and O–H groups in total. The van der Waals surface area contributed by atoms with Crippen molar-refractivity contribution in [3.63, 3.8) is 0 Å². The lowest BCUT2D eigenvalue weighted by Crippen LogP contribution is -2.03. The zero-order valence-electron chi connectivity index (χ0n) is 4.11. The minimum atomic E-state index is 0.184. The molecule has 0 fully saturated rings. The lowest BCUT2D eigenvalue weighted by Gasteiger charge is -1.90. The molecular weight excluding hydrogens is 108 g/mol. The van der Waals surface area contributed by atoms with Crippen molar-refractivity contribution in [1.82, 2.24) is 0 Å². The molecule has 0 atom stereocenters. The summed E-state index contributed by atoms with van der Waals surface area (Å²) < 4.78 is 0. The van der Waals surface area contributed by atoms with E-state index >= 15 is 0 Å². The Morgan fingerprint density at radius 3 is 2.57 bits per heavy atom. The standard InChI is InChI=1S/C4H9N2S/c1-2-3-7-4(5)6/h1-3H2,(H3,5,6). The number of hydrogen-bond donors (Lipinski definition) is 2. The predicted molar refractivity (Wildman–Crippen MR) is 34.3 cm³/mol. The molecule has 0 aromatic carbocycles. The fourth-order valence-electron chi connectivity index (χ4n) is 0.182. The summed E-state index contributed by atoms with van der Waals surface area (Å²) in [5, 5.41) is 6.89. The summed E-state index contributed by atoms with van der Waals surface area (Å²) in [7, 11) is 0. The first kappa shape index (κ1) is 6.82. The lowest BCUT2D eigenvalue weighted by molar-refractivity contribution is 1.25. The van der Waals surface area contributed by atoms with Crippen LogP contribution in [0, 0.1) is 12.3 Å². The van der Waals surface area contributed by atoms with E-state index in [1.807, 2.05) is 0 Å². The molecule has 0 spiro atoms. The quantitative estimate of drug-likeness (QED) is 0.416. The SMILES string of the molecule is [CH2]CCSC(=N)N. The molecule has 1 radical (unpaired) electrons. The minimum Gasteiger partial charge on any atom is -0.379 e. The molecule has 41 valence electrons. The third kappa shape index (κ3) is 5.82. The van der Waals surface area contributed by atoms with Crippen LogP contribution >= 0.6 is 11.8 Å². The van der Waals surface area contributed by atoms with Crippen molar-refractivity contribution in [2.24, 2.45) is 5.73 Å².